The number of ether oxygens (including phenoxy) is 2. The lowest BCUT2D eigenvalue weighted by Crippen LogP contribution is -2.66. The molecule has 0 N–H and O–H groups in total. The van der Waals surface area contributed by atoms with E-state index in [-0.39, 0.29) is 24.4 Å². The van der Waals surface area contributed by atoms with E-state index in [2.05, 4.69) is 93.5 Å². The van der Waals surface area contributed by atoms with Crippen molar-refractivity contribution >= 4 is 25.0 Å². The lowest BCUT2D eigenvalue weighted by molar-refractivity contribution is -0.287. The molecule has 1 fully saturated rings. The molecule has 1 aromatic rings. The molecule has 0 spiro atoms. The van der Waals surface area contributed by atoms with E-state index >= 15 is 0 Å². The molecule has 0 bridgehead atoms. The van der Waals surface area contributed by atoms with Gasteiger partial charge >= 0.3 is 0 Å². The molecule has 5 atom stereocenters. The third-order valence-electron chi connectivity index (χ3n) is 9.94. The molecule has 1 aromatic carbocycles. The van der Waals surface area contributed by atoms with E-state index in [4.69, 9.17) is 22.8 Å². The Morgan fingerprint density at radius 3 is 1.36 bits per heavy atom. The molecule has 5 nitrogen and oxygen atoms in total. The van der Waals surface area contributed by atoms with Crippen molar-refractivity contribution in [1.29, 1.82) is 0 Å². The van der Waals surface area contributed by atoms with Crippen molar-refractivity contribution in [2.75, 3.05) is 0 Å². The number of rotatable bonds is 18. The summed E-state index contributed by atoms with van der Waals surface area (Å²) in [5.74, 6) is 0. The van der Waals surface area contributed by atoms with Crippen molar-refractivity contribution in [3.05, 3.63) is 35.9 Å². The monoisotopic (exact) mass is 596 g/mol. The smallest absolute Gasteiger partial charge is 0.192 e. The molecule has 0 radical (unpaired) electrons. The minimum atomic E-state index is -2.01. The molecular weight excluding hydrogens is 537 g/mol. The van der Waals surface area contributed by atoms with Crippen LogP contribution in [-0.4, -0.2) is 55.7 Å². The molecule has 2 rings (SSSR count). The van der Waals surface area contributed by atoms with Gasteiger partial charge in [0.2, 0.25) is 0 Å². The van der Waals surface area contributed by atoms with Crippen molar-refractivity contribution < 1.29 is 22.8 Å². The molecule has 0 aliphatic carbocycles. The Kier molecular flexibility index (Phi) is 14.6. The highest BCUT2D eigenvalue weighted by Crippen LogP contribution is 2.39. The molecule has 226 valence electrons. The normalized spacial score (nSPS) is 24.7. The van der Waals surface area contributed by atoms with Crippen LogP contribution in [0.4, 0.5) is 0 Å². The highest BCUT2D eigenvalue weighted by Gasteiger charge is 2.53. The van der Waals surface area contributed by atoms with E-state index in [0.29, 0.717) is 6.61 Å². The van der Waals surface area contributed by atoms with Gasteiger partial charge in [0.25, 0.3) is 0 Å². The van der Waals surface area contributed by atoms with Gasteiger partial charge in [0, 0.05) is 0 Å². The Balaban J connectivity index is 2.60. The maximum Gasteiger partial charge on any atom is 0.192 e. The number of hydrogen-bond acceptors (Lipinski definition) is 5. The summed E-state index contributed by atoms with van der Waals surface area (Å²) in [6, 6.07) is 20.2. The summed E-state index contributed by atoms with van der Waals surface area (Å²) < 4.78 is 35.4. The van der Waals surface area contributed by atoms with E-state index in [1.54, 1.807) is 0 Å². The van der Waals surface area contributed by atoms with E-state index in [1.165, 1.54) is 0 Å². The summed E-state index contributed by atoms with van der Waals surface area (Å²) in [6.07, 6.45) is -1.25. The van der Waals surface area contributed by atoms with Gasteiger partial charge in [0.15, 0.2) is 31.2 Å². The molecule has 1 aliphatic rings. The first kappa shape index (κ1) is 34.9. The quantitative estimate of drug-likeness (QED) is 0.158. The summed E-state index contributed by atoms with van der Waals surface area (Å²) in [5.41, 5.74) is 1.14. The number of hydrogen-bond donors (Lipinski definition) is 0. The lowest BCUT2D eigenvalue weighted by atomic mass is 10.00. The molecular formula is C31H60O5Si3. The van der Waals surface area contributed by atoms with Crippen molar-refractivity contribution in [3.8, 4) is 0 Å². The minimum absolute atomic E-state index is 0.134. The molecule has 0 saturated carbocycles. The van der Waals surface area contributed by atoms with Crippen LogP contribution in [0, 0.1) is 0 Å². The summed E-state index contributed by atoms with van der Waals surface area (Å²) in [7, 11) is -5.92. The zero-order valence-corrected chi connectivity index (χ0v) is 29.9. The summed E-state index contributed by atoms with van der Waals surface area (Å²) in [4.78, 5) is 0. The van der Waals surface area contributed by atoms with Gasteiger partial charge in [-0.3, -0.25) is 0 Å². The zero-order chi connectivity index (χ0) is 29.1. The minimum Gasteiger partial charge on any atom is -0.409 e. The fourth-order valence-corrected chi connectivity index (χ4v) is 14.7. The van der Waals surface area contributed by atoms with E-state index < -0.39 is 31.2 Å². The van der Waals surface area contributed by atoms with Crippen LogP contribution < -0.4 is 0 Å². The van der Waals surface area contributed by atoms with E-state index in [9.17, 15) is 0 Å². The lowest BCUT2D eigenvalue weighted by Gasteiger charge is -2.52. The fourth-order valence-electron chi connectivity index (χ4n) is 6.15. The highest BCUT2D eigenvalue weighted by atomic mass is 28.4. The van der Waals surface area contributed by atoms with Crippen LogP contribution in [0.5, 0.6) is 0 Å². The van der Waals surface area contributed by atoms with Gasteiger partial charge in [-0.1, -0.05) is 92.6 Å². The van der Waals surface area contributed by atoms with E-state index in [0.717, 1.165) is 60.0 Å². The molecule has 1 aliphatic heterocycles. The van der Waals surface area contributed by atoms with Crippen LogP contribution in [0.1, 0.15) is 74.8 Å². The summed E-state index contributed by atoms with van der Waals surface area (Å²) >= 11 is 0. The molecule has 0 aromatic heterocycles. The molecule has 1 unspecified atom stereocenters. The Bertz CT molecular complexity index is 774. The largest absolute Gasteiger partial charge is 0.409 e. The summed E-state index contributed by atoms with van der Waals surface area (Å²) in [6.45, 7) is 23.4. The maximum atomic E-state index is 7.44. The average Bonchev–Trinajstić information content (AvgIpc) is 2.99. The van der Waals surface area contributed by atoms with Crippen molar-refractivity contribution in [2.24, 2.45) is 0 Å². The van der Waals surface area contributed by atoms with Crippen molar-refractivity contribution in [1.82, 2.24) is 0 Å². The topological polar surface area (TPSA) is 46.2 Å². The zero-order valence-electron chi connectivity index (χ0n) is 26.9. The Morgan fingerprint density at radius 1 is 0.564 bits per heavy atom. The van der Waals surface area contributed by atoms with Crippen LogP contribution in [0.2, 0.25) is 54.4 Å². The van der Waals surface area contributed by atoms with Gasteiger partial charge in [-0.2, -0.15) is 0 Å². The first-order valence-electron chi connectivity index (χ1n) is 16.0. The second-order valence-corrected chi connectivity index (χ2v) is 25.7. The molecule has 8 heteroatoms. The number of benzene rings is 1. The average molecular weight is 597 g/mol. The van der Waals surface area contributed by atoms with Gasteiger partial charge < -0.3 is 22.8 Å². The predicted octanol–water partition coefficient (Wildman–Crippen LogP) is 9.12. The van der Waals surface area contributed by atoms with Crippen LogP contribution in [0.3, 0.4) is 0 Å². The van der Waals surface area contributed by atoms with Crippen LogP contribution in [-0.2, 0) is 29.4 Å². The Hall–Kier alpha value is -0.329. The highest BCUT2D eigenvalue weighted by molar-refractivity contribution is 6.74. The van der Waals surface area contributed by atoms with Crippen LogP contribution in [0.15, 0.2) is 30.3 Å². The van der Waals surface area contributed by atoms with Crippen molar-refractivity contribution in [3.63, 3.8) is 0 Å². The van der Waals surface area contributed by atoms with E-state index in [1.807, 2.05) is 6.07 Å². The maximum absolute atomic E-state index is 7.44. The Labute approximate surface area is 244 Å². The Morgan fingerprint density at radius 2 is 0.949 bits per heavy atom. The second-order valence-electron chi connectivity index (χ2n) is 11.5. The van der Waals surface area contributed by atoms with Gasteiger partial charge in [-0.05, 0) is 66.9 Å². The fraction of sp³-hybridized carbons (Fsp3) is 0.806. The van der Waals surface area contributed by atoms with Gasteiger partial charge in [-0.15, -0.1) is 0 Å². The second kappa shape index (κ2) is 16.3. The first-order chi connectivity index (χ1) is 18.7. The predicted molar refractivity (Wildman–Crippen MR) is 172 cm³/mol. The van der Waals surface area contributed by atoms with Crippen LogP contribution >= 0.6 is 0 Å². The SMILES string of the molecule is CC[Si](CC)(CC)O[C@@H]1[C@H](O[Si](CC)(CC)CC)[C@@H](O[Si](CC)(CC)CC)C(OCc2ccccc2)O[C@@H]1C. The van der Waals surface area contributed by atoms with Gasteiger partial charge in [-0.25, -0.2) is 0 Å². The van der Waals surface area contributed by atoms with Crippen LogP contribution in [0.25, 0.3) is 0 Å². The standard InChI is InChI=1S/C31H60O5Si3/c1-11-37(12-2,13-3)34-28-26(10)33-31(32-25-27-23-21-20-22-24-27)30(36-39(17-7,18-8)19-9)29(28)35-38(14-4,15-5)16-6/h20-24,26,28-31H,11-19,25H2,1-10H3/t26-,28+,29+,30-,31?/m1/s1. The van der Waals surface area contributed by atoms with Gasteiger partial charge in [0.1, 0.15) is 12.2 Å². The first-order valence-corrected chi connectivity index (χ1v) is 23.6. The van der Waals surface area contributed by atoms with Gasteiger partial charge in [0.05, 0.1) is 18.8 Å². The van der Waals surface area contributed by atoms with Crippen molar-refractivity contribution in [2.45, 2.75) is 161 Å². The molecule has 39 heavy (non-hydrogen) atoms. The molecule has 0 amide bonds. The summed E-state index contributed by atoms with van der Waals surface area (Å²) in [5, 5.41) is 0. The molecule has 1 heterocycles. The third kappa shape index (κ3) is 8.60. The molecule has 1 saturated heterocycles. The third-order valence-corrected chi connectivity index (χ3v) is 23.9.